The van der Waals surface area contributed by atoms with Crippen LogP contribution < -0.4 is 16.4 Å². The maximum Gasteiger partial charge on any atom is 0.251 e. The second kappa shape index (κ2) is 7.59. The monoisotopic (exact) mass is 317 g/mol. The van der Waals surface area contributed by atoms with Crippen molar-refractivity contribution >= 4 is 17.5 Å². The van der Waals surface area contributed by atoms with Gasteiger partial charge >= 0.3 is 0 Å². The van der Waals surface area contributed by atoms with E-state index in [1.165, 1.54) is 6.42 Å². The molecule has 1 aromatic rings. The van der Waals surface area contributed by atoms with Crippen LogP contribution >= 0.6 is 0 Å². The fraction of sp³-hybridized carbons (Fsp3) is 0.556. The van der Waals surface area contributed by atoms with Crippen molar-refractivity contribution in [2.45, 2.75) is 45.4 Å². The van der Waals surface area contributed by atoms with Crippen LogP contribution in [-0.4, -0.2) is 25.4 Å². The van der Waals surface area contributed by atoms with Gasteiger partial charge in [0.1, 0.15) is 0 Å². The standard InChI is InChI=1S/C18H27N3O2/c1-13-6-7-14(17(23)20-2)10-15(13)21-16(22)11-18(12-19)8-4-3-5-9-18/h6-7,10H,3-5,8-9,11-12,19H2,1-2H3,(H,20,23)(H,21,22). The average molecular weight is 317 g/mol. The summed E-state index contributed by atoms with van der Waals surface area (Å²) in [6.45, 7) is 2.47. The minimum atomic E-state index is -0.161. The first-order valence-corrected chi connectivity index (χ1v) is 8.32. The molecular weight excluding hydrogens is 290 g/mol. The zero-order valence-electron chi connectivity index (χ0n) is 14.1. The fourth-order valence-corrected chi connectivity index (χ4v) is 3.33. The van der Waals surface area contributed by atoms with Gasteiger partial charge in [-0.1, -0.05) is 25.3 Å². The van der Waals surface area contributed by atoms with Crippen molar-refractivity contribution in [3.63, 3.8) is 0 Å². The molecule has 0 bridgehead atoms. The van der Waals surface area contributed by atoms with E-state index in [1.807, 2.05) is 13.0 Å². The lowest BCUT2D eigenvalue weighted by Gasteiger charge is -2.35. The molecule has 2 rings (SSSR count). The zero-order valence-corrected chi connectivity index (χ0v) is 14.1. The Morgan fingerprint density at radius 2 is 1.91 bits per heavy atom. The molecule has 1 aliphatic carbocycles. The van der Waals surface area contributed by atoms with E-state index in [0.717, 1.165) is 31.2 Å². The van der Waals surface area contributed by atoms with Gasteiger partial charge in [0.25, 0.3) is 5.91 Å². The van der Waals surface area contributed by atoms with Gasteiger partial charge in [0.15, 0.2) is 0 Å². The summed E-state index contributed by atoms with van der Waals surface area (Å²) in [5.74, 6) is -0.180. The molecule has 0 radical (unpaired) electrons. The normalized spacial score (nSPS) is 16.7. The summed E-state index contributed by atoms with van der Waals surface area (Å²) >= 11 is 0. The number of hydrogen-bond donors (Lipinski definition) is 3. The molecule has 1 fully saturated rings. The summed E-state index contributed by atoms with van der Waals surface area (Å²) in [4.78, 5) is 24.2. The van der Waals surface area contributed by atoms with E-state index in [9.17, 15) is 9.59 Å². The SMILES string of the molecule is CNC(=O)c1ccc(C)c(NC(=O)CC2(CN)CCCCC2)c1. The number of benzene rings is 1. The van der Waals surface area contributed by atoms with Crippen molar-refractivity contribution < 1.29 is 9.59 Å². The predicted octanol–water partition coefficient (Wildman–Crippen LogP) is 2.59. The predicted molar refractivity (Wildman–Crippen MR) is 92.4 cm³/mol. The molecule has 5 nitrogen and oxygen atoms in total. The molecule has 0 saturated heterocycles. The Morgan fingerprint density at radius 3 is 2.52 bits per heavy atom. The summed E-state index contributed by atoms with van der Waals surface area (Å²) in [5, 5.41) is 5.56. The molecular formula is C18H27N3O2. The average Bonchev–Trinajstić information content (AvgIpc) is 2.57. The van der Waals surface area contributed by atoms with Crippen LogP contribution in [0.5, 0.6) is 0 Å². The van der Waals surface area contributed by atoms with Crippen molar-refractivity contribution in [3.05, 3.63) is 29.3 Å². The number of nitrogens with one attached hydrogen (secondary N) is 2. The lowest BCUT2D eigenvalue weighted by atomic mass is 9.71. The Labute approximate surface area is 138 Å². The number of rotatable bonds is 5. The maximum absolute atomic E-state index is 12.5. The molecule has 0 aliphatic heterocycles. The summed E-state index contributed by atoms with van der Waals surface area (Å²) in [5.41, 5.74) is 8.07. The molecule has 0 aromatic heterocycles. The lowest BCUT2D eigenvalue weighted by molar-refractivity contribution is -0.118. The molecule has 5 heteroatoms. The number of carbonyl (C=O) groups is 2. The van der Waals surface area contributed by atoms with Crippen molar-refractivity contribution in [1.29, 1.82) is 0 Å². The molecule has 0 heterocycles. The van der Waals surface area contributed by atoms with Crippen LogP contribution in [0.25, 0.3) is 0 Å². The topological polar surface area (TPSA) is 84.2 Å². The van der Waals surface area contributed by atoms with E-state index in [2.05, 4.69) is 10.6 Å². The van der Waals surface area contributed by atoms with E-state index in [-0.39, 0.29) is 17.2 Å². The van der Waals surface area contributed by atoms with Crippen LogP contribution in [0, 0.1) is 12.3 Å². The smallest absolute Gasteiger partial charge is 0.251 e. The highest BCUT2D eigenvalue weighted by molar-refractivity contribution is 5.97. The minimum absolute atomic E-state index is 0.0190. The third-order valence-corrected chi connectivity index (χ3v) is 4.88. The number of aryl methyl sites for hydroxylation is 1. The Bertz CT molecular complexity index is 578. The second-order valence-electron chi connectivity index (χ2n) is 6.60. The van der Waals surface area contributed by atoms with E-state index >= 15 is 0 Å². The van der Waals surface area contributed by atoms with Crippen LogP contribution in [0.15, 0.2) is 18.2 Å². The van der Waals surface area contributed by atoms with E-state index in [0.29, 0.717) is 24.2 Å². The highest BCUT2D eigenvalue weighted by Gasteiger charge is 2.33. The highest BCUT2D eigenvalue weighted by Crippen LogP contribution is 2.38. The van der Waals surface area contributed by atoms with E-state index in [4.69, 9.17) is 5.73 Å². The van der Waals surface area contributed by atoms with E-state index in [1.54, 1.807) is 19.2 Å². The maximum atomic E-state index is 12.5. The molecule has 1 saturated carbocycles. The first-order valence-electron chi connectivity index (χ1n) is 8.32. The van der Waals surface area contributed by atoms with Crippen LogP contribution in [0.1, 0.15) is 54.4 Å². The van der Waals surface area contributed by atoms with Gasteiger partial charge in [-0.05, 0) is 49.4 Å². The zero-order chi connectivity index (χ0) is 16.9. The van der Waals surface area contributed by atoms with Gasteiger partial charge in [0, 0.05) is 24.7 Å². The number of anilines is 1. The van der Waals surface area contributed by atoms with Gasteiger partial charge in [-0.2, -0.15) is 0 Å². The molecule has 126 valence electrons. The van der Waals surface area contributed by atoms with Gasteiger partial charge in [-0.25, -0.2) is 0 Å². The molecule has 2 amide bonds. The summed E-state index contributed by atoms with van der Waals surface area (Å²) in [6, 6.07) is 5.33. The highest BCUT2D eigenvalue weighted by atomic mass is 16.2. The number of nitrogens with two attached hydrogens (primary N) is 1. The first kappa shape index (κ1) is 17.5. The first-order chi connectivity index (χ1) is 11.0. The van der Waals surface area contributed by atoms with Crippen molar-refractivity contribution in [2.75, 3.05) is 18.9 Å². The van der Waals surface area contributed by atoms with Gasteiger partial charge < -0.3 is 16.4 Å². The Balaban J connectivity index is 2.08. The molecule has 0 unspecified atom stereocenters. The van der Waals surface area contributed by atoms with Gasteiger partial charge in [-0.15, -0.1) is 0 Å². The van der Waals surface area contributed by atoms with Crippen molar-refractivity contribution in [3.8, 4) is 0 Å². The summed E-state index contributed by atoms with van der Waals surface area (Å²) in [6.07, 6.45) is 6.03. The van der Waals surface area contributed by atoms with Gasteiger partial charge in [0.2, 0.25) is 5.91 Å². The quantitative estimate of drug-likeness (QED) is 0.780. The van der Waals surface area contributed by atoms with Crippen LogP contribution in [0.3, 0.4) is 0 Å². The summed E-state index contributed by atoms with van der Waals surface area (Å²) < 4.78 is 0. The summed E-state index contributed by atoms with van der Waals surface area (Å²) in [7, 11) is 1.59. The molecule has 0 spiro atoms. The van der Waals surface area contributed by atoms with Gasteiger partial charge in [0.05, 0.1) is 0 Å². The minimum Gasteiger partial charge on any atom is -0.355 e. The van der Waals surface area contributed by atoms with Crippen LogP contribution in [0.4, 0.5) is 5.69 Å². The number of hydrogen-bond acceptors (Lipinski definition) is 3. The number of amides is 2. The Kier molecular flexibility index (Phi) is 5.77. The third-order valence-electron chi connectivity index (χ3n) is 4.88. The molecule has 0 atom stereocenters. The van der Waals surface area contributed by atoms with Crippen molar-refractivity contribution in [2.24, 2.45) is 11.1 Å². The Morgan fingerprint density at radius 1 is 1.22 bits per heavy atom. The second-order valence-corrected chi connectivity index (χ2v) is 6.60. The number of carbonyl (C=O) groups excluding carboxylic acids is 2. The van der Waals surface area contributed by atoms with Crippen molar-refractivity contribution in [1.82, 2.24) is 5.32 Å². The Hall–Kier alpha value is -1.88. The molecule has 1 aromatic carbocycles. The van der Waals surface area contributed by atoms with Crippen LogP contribution in [-0.2, 0) is 4.79 Å². The van der Waals surface area contributed by atoms with Crippen LogP contribution in [0.2, 0.25) is 0 Å². The molecule has 4 N–H and O–H groups in total. The lowest BCUT2D eigenvalue weighted by Crippen LogP contribution is -2.36. The molecule has 23 heavy (non-hydrogen) atoms. The fourth-order valence-electron chi connectivity index (χ4n) is 3.33. The third kappa shape index (κ3) is 4.32. The van der Waals surface area contributed by atoms with Gasteiger partial charge in [-0.3, -0.25) is 9.59 Å². The van der Waals surface area contributed by atoms with E-state index < -0.39 is 0 Å². The largest absolute Gasteiger partial charge is 0.355 e. The molecule has 1 aliphatic rings.